The lowest BCUT2D eigenvalue weighted by atomic mass is 9.76. The fourth-order valence-corrected chi connectivity index (χ4v) is 2.78. The zero-order chi connectivity index (χ0) is 15.0. The third kappa shape index (κ3) is 2.59. The summed E-state index contributed by atoms with van der Waals surface area (Å²) >= 11 is 0. The Morgan fingerprint density at radius 1 is 1.40 bits per heavy atom. The summed E-state index contributed by atoms with van der Waals surface area (Å²) in [5, 5.41) is 3.17. The van der Waals surface area contributed by atoms with Crippen molar-refractivity contribution in [1.29, 1.82) is 0 Å². The summed E-state index contributed by atoms with van der Waals surface area (Å²) in [6.45, 7) is 4.89. The largest absolute Gasteiger partial charge is 0.416 e. The molecule has 20 heavy (non-hydrogen) atoms. The molecule has 1 aliphatic heterocycles. The lowest BCUT2D eigenvalue weighted by Gasteiger charge is -2.26. The maximum atomic E-state index is 12.7. The Balaban J connectivity index is 2.36. The second kappa shape index (κ2) is 5.20. The van der Waals surface area contributed by atoms with Crippen LogP contribution >= 0.6 is 0 Å². The van der Waals surface area contributed by atoms with Gasteiger partial charge in [0.25, 0.3) is 0 Å². The Bertz CT molecular complexity index is 516. The summed E-state index contributed by atoms with van der Waals surface area (Å²) in [5.41, 5.74) is -0.375. The number of aryl methyl sites for hydroxylation is 1. The molecule has 1 atom stereocenters. The van der Waals surface area contributed by atoms with Gasteiger partial charge in [0.15, 0.2) is 5.78 Å². The van der Waals surface area contributed by atoms with Gasteiger partial charge in [-0.3, -0.25) is 4.79 Å². The predicted octanol–water partition coefficient (Wildman–Crippen LogP) is 3.59. The highest BCUT2D eigenvalue weighted by Crippen LogP contribution is 2.36. The van der Waals surface area contributed by atoms with E-state index in [9.17, 15) is 18.0 Å². The first kappa shape index (κ1) is 15.0. The quantitative estimate of drug-likeness (QED) is 0.860. The highest BCUT2D eigenvalue weighted by molar-refractivity contribution is 6.02. The average molecular weight is 285 g/mol. The summed E-state index contributed by atoms with van der Waals surface area (Å²) in [4.78, 5) is 12.7. The van der Waals surface area contributed by atoms with E-state index in [1.165, 1.54) is 6.07 Å². The van der Waals surface area contributed by atoms with Gasteiger partial charge < -0.3 is 5.32 Å². The second-order valence-electron chi connectivity index (χ2n) is 5.42. The molecule has 1 heterocycles. The van der Waals surface area contributed by atoms with Crippen LogP contribution < -0.4 is 5.32 Å². The predicted molar refractivity (Wildman–Crippen MR) is 70.7 cm³/mol. The maximum Gasteiger partial charge on any atom is 0.416 e. The monoisotopic (exact) mass is 285 g/mol. The average Bonchev–Trinajstić information content (AvgIpc) is 2.86. The van der Waals surface area contributed by atoms with Crippen LogP contribution in [-0.2, 0) is 6.18 Å². The van der Waals surface area contributed by atoms with Crippen LogP contribution in [0.2, 0.25) is 0 Å². The number of benzene rings is 1. The Morgan fingerprint density at radius 3 is 2.55 bits per heavy atom. The van der Waals surface area contributed by atoms with Gasteiger partial charge in [-0.15, -0.1) is 0 Å². The van der Waals surface area contributed by atoms with Crippen molar-refractivity contribution in [3.63, 3.8) is 0 Å². The Morgan fingerprint density at radius 2 is 2.10 bits per heavy atom. The molecule has 0 saturated carbocycles. The molecule has 0 radical (unpaired) electrons. The first-order valence-electron chi connectivity index (χ1n) is 6.73. The molecule has 1 unspecified atom stereocenters. The maximum absolute atomic E-state index is 12.7. The van der Waals surface area contributed by atoms with E-state index in [0.29, 0.717) is 24.1 Å². The number of alkyl halides is 3. The van der Waals surface area contributed by atoms with Crippen LogP contribution in [0.5, 0.6) is 0 Å². The van der Waals surface area contributed by atoms with E-state index in [2.05, 4.69) is 5.32 Å². The van der Waals surface area contributed by atoms with E-state index in [-0.39, 0.29) is 5.78 Å². The lowest BCUT2D eigenvalue weighted by Crippen LogP contribution is -2.33. The number of ketones is 1. The fraction of sp³-hybridized carbons (Fsp3) is 0.533. The number of hydrogen-bond donors (Lipinski definition) is 1. The van der Waals surface area contributed by atoms with E-state index >= 15 is 0 Å². The minimum atomic E-state index is -4.37. The molecule has 110 valence electrons. The number of carbonyl (C=O) groups is 1. The van der Waals surface area contributed by atoms with Crippen LogP contribution in [0, 0.1) is 12.3 Å². The molecule has 0 aromatic heterocycles. The summed E-state index contributed by atoms with van der Waals surface area (Å²) in [6, 6.07) is 3.36. The molecule has 5 heteroatoms. The van der Waals surface area contributed by atoms with Gasteiger partial charge in [-0.05, 0) is 44.0 Å². The van der Waals surface area contributed by atoms with Crippen LogP contribution in [0.4, 0.5) is 13.2 Å². The first-order chi connectivity index (χ1) is 9.30. The molecular weight excluding hydrogens is 267 g/mol. The van der Waals surface area contributed by atoms with E-state index in [1.54, 1.807) is 6.92 Å². The minimum absolute atomic E-state index is 0.0452. The molecule has 1 aliphatic rings. The summed E-state index contributed by atoms with van der Waals surface area (Å²) < 4.78 is 37.9. The zero-order valence-electron chi connectivity index (χ0n) is 11.6. The molecule has 2 nitrogen and oxygen atoms in total. The van der Waals surface area contributed by atoms with Gasteiger partial charge in [0.2, 0.25) is 0 Å². The van der Waals surface area contributed by atoms with Gasteiger partial charge in [-0.2, -0.15) is 13.2 Å². The van der Waals surface area contributed by atoms with Gasteiger partial charge in [0, 0.05) is 17.5 Å². The normalized spacial score (nSPS) is 23.1. The number of halogens is 3. The number of rotatable bonds is 3. The minimum Gasteiger partial charge on any atom is -0.316 e. The molecule has 1 aromatic carbocycles. The van der Waals surface area contributed by atoms with Crippen molar-refractivity contribution in [2.24, 2.45) is 5.41 Å². The fourth-order valence-electron chi connectivity index (χ4n) is 2.78. The van der Waals surface area contributed by atoms with Crippen molar-refractivity contribution in [1.82, 2.24) is 5.32 Å². The van der Waals surface area contributed by atoms with Gasteiger partial charge in [-0.1, -0.05) is 13.0 Å². The van der Waals surface area contributed by atoms with Gasteiger partial charge in [0.05, 0.1) is 5.56 Å². The number of hydrogen-bond acceptors (Lipinski definition) is 2. The molecule has 2 rings (SSSR count). The third-order valence-electron chi connectivity index (χ3n) is 4.20. The Hall–Kier alpha value is -1.36. The van der Waals surface area contributed by atoms with E-state index in [1.807, 2.05) is 6.92 Å². The highest BCUT2D eigenvalue weighted by atomic mass is 19.4. The van der Waals surface area contributed by atoms with Crippen molar-refractivity contribution in [3.8, 4) is 0 Å². The number of nitrogens with one attached hydrogen (secondary N) is 1. The molecule has 0 aliphatic carbocycles. The summed E-state index contributed by atoms with van der Waals surface area (Å²) in [6.07, 6.45) is -2.94. The van der Waals surface area contributed by atoms with Crippen molar-refractivity contribution in [2.75, 3.05) is 13.1 Å². The summed E-state index contributed by atoms with van der Waals surface area (Å²) in [7, 11) is 0. The molecule has 1 N–H and O–H groups in total. The molecular formula is C15H18F3NO. The number of Topliss-reactive ketones (excluding diaryl/α,β-unsaturated/α-hetero) is 1. The van der Waals surface area contributed by atoms with Gasteiger partial charge >= 0.3 is 6.18 Å². The van der Waals surface area contributed by atoms with Crippen molar-refractivity contribution < 1.29 is 18.0 Å². The van der Waals surface area contributed by atoms with Crippen molar-refractivity contribution >= 4 is 5.78 Å². The lowest BCUT2D eigenvalue weighted by molar-refractivity contribution is -0.137. The van der Waals surface area contributed by atoms with Gasteiger partial charge in [0.1, 0.15) is 0 Å². The van der Waals surface area contributed by atoms with Crippen LogP contribution in [0.15, 0.2) is 18.2 Å². The molecule has 1 aromatic rings. The Labute approximate surface area is 116 Å². The van der Waals surface area contributed by atoms with Gasteiger partial charge in [-0.25, -0.2) is 0 Å². The third-order valence-corrected chi connectivity index (χ3v) is 4.20. The van der Waals surface area contributed by atoms with Crippen LogP contribution in [0.3, 0.4) is 0 Å². The van der Waals surface area contributed by atoms with Crippen LogP contribution in [0.25, 0.3) is 0 Å². The highest BCUT2D eigenvalue weighted by Gasteiger charge is 2.40. The Kier molecular flexibility index (Phi) is 3.91. The standard InChI is InChI=1S/C15H18F3NO/c1-3-14(6-7-19-9-14)13(20)12-5-4-11(8-10(12)2)15(16,17)18/h4-5,8,19H,3,6-7,9H2,1-2H3. The second-order valence-corrected chi connectivity index (χ2v) is 5.42. The van der Waals surface area contributed by atoms with Crippen LogP contribution in [0.1, 0.15) is 41.3 Å². The molecule has 0 spiro atoms. The number of carbonyl (C=O) groups excluding carboxylic acids is 1. The SMILES string of the molecule is CCC1(C(=O)c2ccc(C(F)(F)F)cc2C)CCNC1. The van der Waals surface area contributed by atoms with E-state index in [4.69, 9.17) is 0 Å². The van der Waals surface area contributed by atoms with Crippen molar-refractivity contribution in [3.05, 3.63) is 34.9 Å². The van der Waals surface area contributed by atoms with E-state index < -0.39 is 17.2 Å². The topological polar surface area (TPSA) is 29.1 Å². The summed E-state index contributed by atoms with van der Waals surface area (Å²) in [5.74, 6) is -0.0452. The van der Waals surface area contributed by atoms with Crippen molar-refractivity contribution in [2.45, 2.75) is 32.9 Å². The first-order valence-corrected chi connectivity index (χ1v) is 6.73. The zero-order valence-corrected chi connectivity index (χ0v) is 11.6. The van der Waals surface area contributed by atoms with Crippen LogP contribution in [-0.4, -0.2) is 18.9 Å². The molecule has 0 bridgehead atoms. The molecule has 1 saturated heterocycles. The molecule has 0 amide bonds. The molecule has 1 fully saturated rings. The smallest absolute Gasteiger partial charge is 0.316 e. The van der Waals surface area contributed by atoms with E-state index in [0.717, 1.165) is 25.1 Å².